The lowest BCUT2D eigenvalue weighted by Crippen LogP contribution is -2.15. The molecule has 0 aliphatic rings. The Morgan fingerprint density at radius 1 is 0.903 bits per heavy atom. The van der Waals surface area contributed by atoms with Gasteiger partial charge in [0.05, 0.1) is 26.5 Å². The van der Waals surface area contributed by atoms with Gasteiger partial charge in [-0.1, -0.05) is 38.0 Å². The van der Waals surface area contributed by atoms with Crippen LogP contribution in [0.4, 0.5) is 0 Å². The van der Waals surface area contributed by atoms with Gasteiger partial charge in [0, 0.05) is 5.56 Å². The number of carbonyl (C=O) groups is 2. The van der Waals surface area contributed by atoms with Crippen LogP contribution in [0.5, 0.6) is 5.75 Å². The third-order valence-corrected chi connectivity index (χ3v) is 4.80. The largest absolute Gasteiger partial charge is 0.494 e. The Hall–Kier alpha value is -3.61. The number of esters is 2. The van der Waals surface area contributed by atoms with Crippen molar-refractivity contribution >= 4 is 11.9 Å². The van der Waals surface area contributed by atoms with Crippen LogP contribution in [0.2, 0.25) is 0 Å². The van der Waals surface area contributed by atoms with E-state index in [1.54, 1.807) is 24.3 Å². The minimum Gasteiger partial charge on any atom is -0.494 e. The van der Waals surface area contributed by atoms with Crippen LogP contribution < -0.4 is 4.74 Å². The zero-order valence-electron chi connectivity index (χ0n) is 18.0. The van der Waals surface area contributed by atoms with E-state index in [4.69, 9.17) is 14.2 Å². The summed E-state index contributed by atoms with van der Waals surface area (Å²) in [6.07, 6.45) is 3.24. The van der Waals surface area contributed by atoms with Crippen molar-refractivity contribution in [3.8, 4) is 22.7 Å². The Balaban J connectivity index is 2.06. The van der Waals surface area contributed by atoms with Crippen molar-refractivity contribution in [1.29, 1.82) is 0 Å². The molecule has 0 bridgehead atoms. The molecule has 7 heteroatoms. The molecule has 3 rings (SSSR count). The van der Waals surface area contributed by atoms with Crippen molar-refractivity contribution in [1.82, 2.24) is 9.78 Å². The van der Waals surface area contributed by atoms with E-state index < -0.39 is 11.9 Å². The molecule has 1 aromatic heterocycles. The van der Waals surface area contributed by atoms with Crippen LogP contribution in [-0.2, 0) is 9.47 Å². The van der Waals surface area contributed by atoms with Gasteiger partial charge in [-0.3, -0.25) is 0 Å². The highest BCUT2D eigenvalue weighted by Crippen LogP contribution is 2.30. The summed E-state index contributed by atoms with van der Waals surface area (Å²) >= 11 is 0. The highest BCUT2D eigenvalue weighted by Gasteiger charge is 2.31. The number of methoxy groups -OCH3 is 2. The van der Waals surface area contributed by atoms with Crippen LogP contribution in [0.3, 0.4) is 0 Å². The quantitative estimate of drug-likeness (QED) is 0.368. The second-order valence-corrected chi connectivity index (χ2v) is 6.88. The topological polar surface area (TPSA) is 79.7 Å². The third-order valence-electron chi connectivity index (χ3n) is 4.80. The molecule has 1 heterocycles. The molecule has 0 radical (unpaired) electrons. The van der Waals surface area contributed by atoms with E-state index in [9.17, 15) is 9.59 Å². The van der Waals surface area contributed by atoms with Gasteiger partial charge >= 0.3 is 11.9 Å². The monoisotopic (exact) mass is 422 g/mol. The third kappa shape index (κ3) is 4.94. The van der Waals surface area contributed by atoms with Crippen LogP contribution in [0, 0.1) is 0 Å². The van der Waals surface area contributed by atoms with Gasteiger partial charge in [0.25, 0.3) is 0 Å². The molecule has 3 aromatic rings. The van der Waals surface area contributed by atoms with Gasteiger partial charge in [0.2, 0.25) is 0 Å². The lowest BCUT2D eigenvalue weighted by Gasteiger charge is -2.07. The molecule has 0 spiro atoms. The van der Waals surface area contributed by atoms with Gasteiger partial charge in [-0.2, -0.15) is 5.10 Å². The van der Waals surface area contributed by atoms with Crippen molar-refractivity contribution in [3.63, 3.8) is 0 Å². The fourth-order valence-corrected chi connectivity index (χ4v) is 3.21. The second-order valence-electron chi connectivity index (χ2n) is 6.88. The first-order valence-corrected chi connectivity index (χ1v) is 10.2. The number of para-hydroxylation sites is 1. The Bertz CT molecular complexity index is 1030. The molecule has 0 N–H and O–H groups in total. The summed E-state index contributed by atoms with van der Waals surface area (Å²) in [5.41, 5.74) is 1.66. The van der Waals surface area contributed by atoms with E-state index in [1.807, 2.05) is 30.3 Å². The number of carbonyl (C=O) groups excluding carboxylic acids is 2. The average molecular weight is 422 g/mol. The van der Waals surface area contributed by atoms with Crippen molar-refractivity contribution < 1.29 is 23.8 Å². The molecule has 0 saturated heterocycles. The van der Waals surface area contributed by atoms with Crippen LogP contribution >= 0.6 is 0 Å². The molecule has 31 heavy (non-hydrogen) atoms. The normalized spacial score (nSPS) is 10.5. The summed E-state index contributed by atoms with van der Waals surface area (Å²) in [7, 11) is 2.52. The smallest absolute Gasteiger partial charge is 0.357 e. The zero-order chi connectivity index (χ0) is 22.2. The summed E-state index contributed by atoms with van der Waals surface area (Å²) < 4.78 is 17.1. The van der Waals surface area contributed by atoms with Gasteiger partial charge in [-0.15, -0.1) is 0 Å². The fraction of sp³-hybridized carbons (Fsp3) is 0.292. The molecule has 2 aromatic carbocycles. The lowest BCUT2D eigenvalue weighted by atomic mass is 10.1. The van der Waals surface area contributed by atoms with Crippen LogP contribution in [0.15, 0.2) is 54.6 Å². The number of nitrogens with zero attached hydrogens (tertiary/aromatic N) is 2. The number of hydrogen-bond acceptors (Lipinski definition) is 6. The Morgan fingerprint density at radius 3 is 2.19 bits per heavy atom. The first kappa shape index (κ1) is 22.1. The molecule has 0 saturated carbocycles. The maximum Gasteiger partial charge on any atom is 0.357 e. The van der Waals surface area contributed by atoms with Crippen molar-refractivity contribution in [2.24, 2.45) is 0 Å². The number of unbranched alkanes of at least 4 members (excludes halogenated alkanes) is 2. The predicted octanol–water partition coefficient (Wildman–Crippen LogP) is 4.68. The molecule has 0 aliphatic heterocycles. The molecule has 7 nitrogen and oxygen atoms in total. The molecule has 0 fully saturated rings. The molecule has 0 amide bonds. The number of hydrogen-bond donors (Lipinski definition) is 0. The van der Waals surface area contributed by atoms with Crippen LogP contribution in [0.25, 0.3) is 16.9 Å². The zero-order valence-corrected chi connectivity index (χ0v) is 18.0. The van der Waals surface area contributed by atoms with E-state index in [2.05, 4.69) is 12.0 Å². The summed E-state index contributed by atoms with van der Waals surface area (Å²) in [5, 5.41) is 4.58. The Labute approximate surface area is 181 Å². The molecule has 162 valence electrons. The van der Waals surface area contributed by atoms with Crippen LogP contribution in [-0.4, -0.2) is 42.5 Å². The summed E-state index contributed by atoms with van der Waals surface area (Å²) in [6.45, 7) is 2.79. The lowest BCUT2D eigenvalue weighted by molar-refractivity contribution is 0.0549. The van der Waals surface area contributed by atoms with Crippen molar-refractivity contribution in [2.45, 2.75) is 26.2 Å². The maximum absolute atomic E-state index is 12.7. The van der Waals surface area contributed by atoms with Crippen molar-refractivity contribution in [2.75, 3.05) is 20.8 Å². The van der Waals surface area contributed by atoms with Gasteiger partial charge < -0.3 is 14.2 Å². The van der Waals surface area contributed by atoms with Crippen molar-refractivity contribution in [3.05, 3.63) is 65.9 Å². The average Bonchev–Trinajstić information content (AvgIpc) is 3.22. The highest BCUT2D eigenvalue weighted by atomic mass is 16.5. The summed E-state index contributed by atoms with van der Waals surface area (Å²) in [5.74, 6) is -0.619. The predicted molar refractivity (Wildman–Crippen MR) is 117 cm³/mol. The first-order chi connectivity index (χ1) is 15.1. The summed E-state index contributed by atoms with van der Waals surface area (Å²) in [6, 6.07) is 16.3. The molecular weight excluding hydrogens is 396 g/mol. The van der Waals surface area contributed by atoms with Crippen LogP contribution in [0.1, 0.15) is 47.0 Å². The van der Waals surface area contributed by atoms with Gasteiger partial charge in [0.15, 0.2) is 5.69 Å². The Kier molecular flexibility index (Phi) is 7.43. The molecular formula is C24H26N2O5. The molecule has 0 unspecified atom stereocenters. The molecule has 0 atom stereocenters. The minimum absolute atomic E-state index is 0.00967. The van der Waals surface area contributed by atoms with Gasteiger partial charge in [-0.25, -0.2) is 14.3 Å². The summed E-state index contributed by atoms with van der Waals surface area (Å²) in [4.78, 5) is 25.3. The van der Waals surface area contributed by atoms with E-state index >= 15 is 0 Å². The standard InChI is InChI=1S/C24H26N2O5/c1-4-5-9-16-31-19-14-12-17(13-15-19)21-20(23(27)29-2)22(24(28)30-3)26(25-21)18-10-7-6-8-11-18/h6-8,10-15H,4-5,9,16H2,1-3H3. The van der Waals surface area contributed by atoms with E-state index in [0.29, 0.717) is 23.6 Å². The number of benzene rings is 2. The van der Waals surface area contributed by atoms with Gasteiger partial charge in [0.1, 0.15) is 17.0 Å². The first-order valence-electron chi connectivity index (χ1n) is 10.2. The van der Waals surface area contributed by atoms with Gasteiger partial charge in [-0.05, 0) is 42.8 Å². The minimum atomic E-state index is -0.682. The van der Waals surface area contributed by atoms with E-state index in [-0.39, 0.29) is 11.3 Å². The number of aromatic nitrogens is 2. The number of rotatable bonds is 9. The Morgan fingerprint density at radius 2 is 1.58 bits per heavy atom. The van der Waals surface area contributed by atoms with E-state index in [1.165, 1.54) is 18.9 Å². The molecule has 0 aliphatic carbocycles. The van der Waals surface area contributed by atoms with E-state index in [0.717, 1.165) is 25.0 Å². The second kappa shape index (κ2) is 10.4. The maximum atomic E-state index is 12.7. The fourth-order valence-electron chi connectivity index (χ4n) is 3.21. The SMILES string of the molecule is CCCCCOc1ccc(-c2nn(-c3ccccc3)c(C(=O)OC)c2C(=O)OC)cc1. The highest BCUT2D eigenvalue weighted by molar-refractivity contribution is 6.06. The number of ether oxygens (including phenoxy) is 3.